The lowest BCUT2D eigenvalue weighted by atomic mass is 9.92. The molecule has 2 N–H and O–H groups in total. The molecule has 4 aromatic rings. The van der Waals surface area contributed by atoms with E-state index in [1.807, 2.05) is 43.3 Å². The number of nitrogens with one attached hydrogen (secondary N) is 2. The van der Waals surface area contributed by atoms with Gasteiger partial charge in [0.05, 0.1) is 25.4 Å². The molecule has 1 aliphatic rings. The van der Waals surface area contributed by atoms with E-state index in [1.54, 1.807) is 25.0 Å². The summed E-state index contributed by atoms with van der Waals surface area (Å²) in [7, 11) is 3.28. The lowest BCUT2D eigenvalue weighted by molar-refractivity contribution is 0.253. The summed E-state index contributed by atoms with van der Waals surface area (Å²) >= 11 is 0. The first-order chi connectivity index (χ1) is 18.8. The summed E-state index contributed by atoms with van der Waals surface area (Å²) in [6.07, 6.45) is 1.74. The second-order valence-corrected chi connectivity index (χ2v) is 9.95. The van der Waals surface area contributed by atoms with Gasteiger partial charge in [-0.2, -0.15) is 0 Å². The van der Waals surface area contributed by atoms with Crippen LogP contribution in [0.25, 0.3) is 16.6 Å². The summed E-state index contributed by atoms with van der Waals surface area (Å²) in [6.45, 7) is 11.8. The second kappa shape index (κ2) is 10.8. The molecule has 3 heterocycles. The van der Waals surface area contributed by atoms with Crippen LogP contribution in [0.3, 0.4) is 0 Å². The van der Waals surface area contributed by atoms with Crippen molar-refractivity contribution < 1.29 is 14.2 Å². The predicted molar refractivity (Wildman–Crippen MR) is 154 cm³/mol. The van der Waals surface area contributed by atoms with E-state index in [0.717, 1.165) is 61.6 Å². The molecule has 1 aliphatic heterocycles. The third-order valence-corrected chi connectivity index (χ3v) is 7.08. The highest BCUT2D eigenvalue weighted by molar-refractivity contribution is 5.95. The van der Waals surface area contributed by atoms with Crippen molar-refractivity contribution in [1.82, 2.24) is 19.9 Å². The van der Waals surface area contributed by atoms with E-state index >= 15 is 0 Å². The molecule has 0 bridgehead atoms. The molecule has 0 saturated heterocycles. The highest BCUT2D eigenvalue weighted by Crippen LogP contribution is 2.43. The summed E-state index contributed by atoms with van der Waals surface area (Å²) in [5.74, 6) is 2.18. The molecule has 39 heavy (non-hydrogen) atoms. The third kappa shape index (κ3) is 4.83. The van der Waals surface area contributed by atoms with Crippen LogP contribution in [-0.4, -0.2) is 35.4 Å². The van der Waals surface area contributed by atoms with Gasteiger partial charge in [-0.05, 0) is 56.2 Å². The zero-order valence-electron chi connectivity index (χ0n) is 23.1. The highest BCUT2D eigenvalue weighted by atomic mass is 16.5. The van der Waals surface area contributed by atoms with Crippen LogP contribution in [0.15, 0.2) is 71.2 Å². The molecule has 0 spiro atoms. The predicted octanol–water partition coefficient (Wildman–Crippen LogP) is 5.38. The maximum Gasteiger partial charge on any atom is 0.327 e. The topological polar surface area (TPSA) is 90.4 Å². The Kier molecular flexibility index (Phi) is 7.30. The van der Waals surface area contributed by atoms with E-state index in [9.17, 15) is 4.79 Å². The first-order valence-electron chi connectivity index (χ1n) is 12.9. The molecular formula is C31H34N4O4. The Bertz CT molecular complexity index is 1630. The van der Waals surface area contributed by atoms with E-state index in [1.165, 1.54) is 0 Å². The van der Waals surface area contributed by atoms with E-state index in [0.29, 0.717) is 25.4 Å². The van der Waals surface area contributed by atoms with E-state index in [4.69, 9.17) is 14.2 Å². The summed E-state index contributed by atoms with van der Waals surface area (Å²) in [5, 5.41) is 3.53. The third-order valence-electron chi connectivity index (χ3n) is 7.08. The van der Waals surface area contributed by atoms with Crippen LogP contribution < -0.4 is 25.2 Å². The molecule has 0 radical (unpaired) electrons. The summed E-state index contributed by atoms with van der Waals surface area (Å²) in [5.41, 5.74) is 8.08. The van der Waals surface area contributed by atoms with Crippen LogP contribution in [0, 0.1) is 0 Å². The van der Waals surface area contributed by atoms with Gasteiger partial charge in [0.25, 0.3) is 0 Å². The number of methoxy groups -OCH3 is 2. The molecule has 1 atom stereocenters. The number of hydrogen-bond acceptors (Lipinski definition) is 6. The smallest absolute Gasteiger partial charge is 0.327 e. The minimum absolute atomic E-state index is 0.186. The van der Waals surface area contributed by atoms with Crippen molar-refractivity contribution in [3.05, 3.63) is 99.3 Å². The second-order valence-electron chi connectivity index (χ2n) is 9.95. The van der Waals surface area contributed by atoms with Crippen LogP contribution in [0.2, 0.25) is 0 Å². The van der Waals surface area contributed by atoms with Crippen molar-refractivity contribution >= 4 is 16.6 Å². The number of H-pyrrole nitrogens is 1. The van der Waals surface area contributed by atoms with Gasteiger partial charge in [0.1, 0.15) is 29.7 Å². The SMILES string of the molecule is C=C(C)C(=C(C)C)c1cc(CNCc2ccc(OC)cc2OC)c2[nH]c(=O)n3c2c1OC[C@@H]3c1ccccn1. The number of allylic oxidation sites excluding steroid dienone is 3. The fourth-order valence-electron chi connectivity index (χ4n) is 5.40. The standard InChI is InChI=1S/C31H34N4O4/c1-18(2)27(19(3)4)23-13-21(16-32-15-20-10-11-22(37-5)14-26(20)38-6)28-29-30(23)39-17-25(35(29)31(36)34-28)24-9-7-8-12-33-24/h7-14,25,32H,1,15-17H2,2-6H3,(H,34,36)/t25-/m1/s1. The fourth-order valence-corrected chi connectivity index (χ4v) is 5.40. The number of aromatic nitrogens is 3. The summed E-state index contributed by atoms with van der Waals surface area (Å²) in [4.78, 5) is 21.1. The van der Waals surface area contributed by atoms with Crippen molar-refractivity contribution in [2.45, 2.75) is 39.9 Å². The van der Waals surface area contributed by atoms with Gasteiger partial charge in [0.2, 0.25) is 0 Å². The van der Waals surface area contributed by atoms with Crippen molar-refractivity contribution in [3.8, 4) is 17.2 Å². The molecule has 0 amide bonds. The fraction of sp³-hybridized carbons (Fsp3) is 0.290. The molecule has 5 rings (SSSR count). The Hall–Kier alpha value is -4.30. The van der Waals surface area contributed by atoms with Crippen molar-refractivity contribution in [1.29, 1.82) is 0 Å². The summed E-state index contributed by atoms with van der Waals surface area (Å²) in [6, 6.07) is 13.3. The number of ether oxygens (including phenoxy) is 3. The highest BCUT2D eigenvalue weighted by Gasteiger charge is 2.31. The van der Waals surface area contributed by atoms with Crippen molar-refractivity contribution in [3.63, 3.8) is 0 Å². The number of imidazole rings is 1. The molecule has 0 unspecified atom stereocenters. The van der Waals surface area contributed by atoms with Crippen LogP contribution in [-0.2, 0) is 13.1 Å². The lowest BCUT2D eigenvalue weighted by Gasteiger charge is -2.28. The molecule has 2 aromatic carbocycles. The minimum Gasteiger partial charge on any atom is -0.497 e. The van der Waals surface area contributed by atoms with Gasteiger partial charge in [0, 0.05) is 36.5 Å². The Balaban J connectivity index is 1.61. The molecule has 0 fully saturated rings. The molecule has 8 nitrogen and oxygen atoms in total. The van der Waals surface area contributed by atoms with Crippen LogP contribution in [0.4, 0.5) is 0 Å². The molecule has 8 heteroatoms. The first kappa shape index (κ1) is 26.3. The zero-order valence-corrected chi connectivity index (χ0v) is 23.1. The maximum absolute atomic E-state index is 13.4. The molecule has 0 aliphatic carbocycles. The van der Waals surface area contributed by atoms with Gasteiger partial charge in [-0.25, -0.2) is 4.79 Å². The van der Waals surface area contributed by atoms with Gasteiger partial charge < -0.3 is 24.5 Å². The summed E-state index contributed by atoms with van der Waals surface area (Å²) < 4.78 is 19.1. The zero-order chi connectivity index (χ0) is 27.7. The first-order valence-corrected chi connectivity index (χ1v) is 12.9. The molecule has 2 aromatic heterocycles. The number of benzene rings is 2. The average molecular weight is 527 g/mol. The Morgan fingerprint density at radius 3 is 2.59 bits per heavy atom. The number of pyridine rings is 1. The number of rotatable bonds is 9. The van der Waals surface area contributed by atoms with Gasteiger partial charge in [0.15, 0.2) is 5.75 Å². The van der Waals surface area contributed by atoms with Gasteiger partial charge in [-0.15, -0.1) is 0 Å². The normalized spacial score (nSPS) is 14.1. The van der Waals surface area contributed by atoms with Gasteiger partial charge in [-0.3, -0.25) is 9.55 Å². The Morgan fingerprint density at radius 2 is 1.92 bits per heavy atom. The number of nitrogens with zero attached hydrogens (tertiary/aromatic N) is 2. The lowest BCUT2D eigenvalue weighted by Crippen LogP contribution is -2.31. The molecular weight excluding hydrogens is 492 g/mol. The van der Waals surface area contributed by atoms with Crippen molar-refractivity contribution in [2.75, 3.05) is 20.8 Å². The quantitative estimate of drug-likeness (QED) is 0.285. The minimum atomic E-state index is -0.334. The van der Waals surface area contributed by atoms with E-state index in [-0.39, 0.29) is 11.7 Å². The largest absolute Gasteiger partial charge is 0.497 e. The monoisotopic (exact) mass is 526 g/mol. The molecule has 0 saturated carbocycles. The average Bonchev–Trinajstić information content (AvgIpc) is 3.29. The Morgan fingerprint density at radius 1 is 1.13 bits per heavy atom. The van der Waals surface area contributed by atoms with Gasteiger partial charge >= 0.3 is 5.69 Å². The van der Waals surface area contributed by atoms with Crippen LogP contribution in [0.1, 0.15) is 49.2 Å². The van der Waals surface area contributed by atoms with Crippen LogP contribution >= 0.6 is 0 Å². The number of aromatic amines is 1. The maximum atomic E-state index is 13.4. The Labute approximate surface area is 227 Å². The van der Waals surface area contributed by atoms with E-state index in [2.05, 4.69) is 41.8 Å². The number of hydrogen-bond donors (Lipinski definition) is 2. The van der Waals surface area contributed by atoms with Gasteiger partial charge in [-0.1, -0.05) is 29.9 Å². The van der Waals surface area contributed by atoms with Crippen molar-refractivity contribution in [2.24, 2.45) is 0 Å². The van der Waals surface area contributed by atoms with E-state index < -0.39 is 0 Å². The molecule has 202 valence electrons. The van der Waals surface area contributed by atoms with Crippen LogP contribution in [0.5, 0.6) is 17.2 Å².